The van der Waals surface area contributed by atoms with E-state index in [4.69, 9.17) is 19.0 Å². The number of methoxy groups -OCH3 is 1. The molecular weight excluding hydrogens is 454 g/mol. The van der Waals surface area contributed by atoms with E-state index in [1.165, 1.54) is 19.4 Å². The van der Waals surface area contributed by atoms with Gasteiger partial charge in [0.2, 0.25) is 0 Å². The van der Waals surface area contributed by atoms with Gasteiger partial charge >= 0.3 is 23.9 Å². The van der Waals surface area contributed by atoms with E-state index >= 15 is 0 Å². The minimum absolute atomic E-state index is 0.118. The number of rotatable bonds is 9. The van der Waals surface area contributed by atoms with Crippen LogP contribution in [0.3, 0.4) is 0 Å². The molecule has 0 aliphatic rings. The first-order valence-electron chi connectivity index (χ1n) is 10.8. The molecule has 0 saturated carbocycles. The lowest BCUT2D eigenvalue weighted by atomic mass is 10.0. The highest BCUT2D eigenvalue weighted by Gasteiger charge is 2.25. The van der Waals surface area contributed by atoms with Crippen molar-refractivity contribution in [3.8, 4) is 23.1 Å². The van der Waals surface area contributed by atoms with Gasteiger partial charge in [-0.05, 0) is 56.7 Å². The maximum atomic E-state index is 12.5. The summed E-state index contributed by atoms with van der Waals surface area (Å²) >= 11 is 0. The highest BCUT2D eigenvalue weighted by molar-refractivity contribution is 6.39. The zero-order chi connectivity index (χ0) is 25.6. The Kier molecular flexibility index (Phi) is 7.75. The van der Waals surface area contributed by atoms with Crippen molar-refractivity contribution in [2.24, 2.45) is 0 Å². The second kappa shape index (κ2) is 10.7. The molecule has 1 heterocycles. The highest BCUT2D eigenvalue weighted by atomic mass is 16.6. The molecule has 0 aliphatic carbocycles. The molecule has 0 bridgehead atoms. The summed E-state index contributed by atoms with van der Waals surface area (Å²) < 4.78 is 16.0. The van der Waals surface area contributed by atoms with E-state index in [2.05, 4.69) is 15.6 Å². The van der Waals surface area contributed by atoms with E-state index < -0.39 is 23.3 Å². The molecule has 2 aromatic carbocycles. The predicted octanol–water partition coefficient (Wildman–Crippen LogP) is 3.66. The average Bonchev–Trinajstić information content (AvgIpc) is 3.28. The van der Waals surface area contributed by atoms with Crippen LogP contribution in [0.2, 0.25) is 0 Å². The van der Waals surface area contributed by atoms with Gasteiger partial charge in [-0.2, -0.15) is 4.98 Å². The molecule has 3 aromatic rings. The van der Waals surface area contributed by atoms with Gasteiger partial charge in [0, 0.05) is 23.2 Å². The van der Waals surface area contributed by atoms with Gasteiger partial charge in [0.05, 0.1) is 25.5 Å². The van der Waals surface area contributed by atoms with E-state index in [0.29, 0.717) is 34.7 Å². The zero-order valence-corrected chi connectivity index (χ0v) is 19.9. The van der Waals surface area contributed by atoms with E-state index in [-0.39, 0.29) is 18.2 Å². The number of nitrogens with one attached hydrogen (secondary N) is 2. The maximum Gasteiger partial charge on any atom is 0.393 e. The topological polar surface area (TPSA) is 140 Å². The van der Waals surface area contributed by atoms with Gasteiger partial charge in [-0.15, -0.1) is 0 Å². The number of benzene rings is 2. The van der Waals surface area contributed by atoms with Gasteiger partial charge < -0.3 is 29.6 Å². The third-order valence-corrected chi connectivity index (χ3v) is 5.15. The van der Waals surface area contributed by atoms with Crippen molar-refractivity contribution in [3.63, 3.8) is 0 Å². The monoisotopic (exact) mass is 481 g/mol. The summed E-state index contributed by atoms with van der Waals surface area (Å²) in [7, 11) is 1.44. The number of nitrogens with zero attached hydrogens (tertiary/aromatic N) is 1. The van der Waals surface area contributed by atoms with E-state index in [1.54, 1.807) is 57.2 Å². The molecule has 10 nitrogen and oxygen atoms in total. The fraction of sp³-hybridized carbons (Fsp3) is 0.280. The summed E-state index contributed by atoms with van der Waals surface area (Å²) in [5.41, 5.74) is 1.14. The minimum atomic E-state index is -0.999. The molecule has 0 unspecified atom stereocenters. The van der Waals surface area contributed by atoms with Gasteiger partial charge in [-0.1, -0.05) is 12.1 Å². The fourth-order valence-electron chi connectivity index (χ4n) is 3.24. The van der Waals surface area contributed by atoms with Crippen LogP contribution >= 0.6 is 0 Å². The number of aryl methyl sites for hydroxylation is 1. The number of aromatic nitrogens is 1. The number of amides is 2. The quantitative estimate of drug-likeness (QED) is 0.394. The Morgan fingerprint density at radius 2 is 1.89 bits per heavy atom. The van der Waals surface area contributed by atoms with Crippen molar-refractivity contribution in [1.29, 1.82) is 0 Å². The third-order valence-electron chi connectivity index (χ3n) is 5.15. The Hall–Kier alpha value is -4.34. The summed E-state index contributed by atoms with van der Waals surface area (Å²) in [6.45, 7) is 5.50. The minimum Gasteiger partial charge on any atom is -0.493 e. The first-order chi connectivity index (χ1) is 16.6. The molecule has 0 fully saturated rings. The lowest BCUT2D eigenvalue weighted by molar-refractivity contribution is -0.137. The van der Waals surface area contributed by atoms with Crippen molar-refractivity contribution in [2.45, 2.75) is 32.7 Å². The lowest BCUT2D eigenvalue weighted by Gasteiger charge is -2.26. The Morgan fingerprint density at radius 3 is 2.54 bits per heavy atom. The summed E-state index contributed by atoms with van der Waals surface area (Å²) in [6.07, 6.45) is 2.03. The van der Waals surface area contributed by atoms with Crippen LogP contribution in [-0.2, 0) is 9.59 Å². The standard InChI is InChI=1S/C25H27N3O7/c1-15-12-18(8-9-19(15)23(31)32)34-11-10-25(2,3)28-22(30)21(29)27-17-7-5-6-16(13-17)20-14-26-24(33-4)35-20/h5-9,12-14H,10-11H2,1-4H3,(H,27,29)(H,28,30)(H,31,32). The second-order valence-electron chi connectivity index (χ2n) is 8.45. The van der Waals surface area contributed by atoms with Gasteiger partial charge in [0.15, 0.2) is 5.76 Å². The van der Waals surface area contributed by atoms with Crippen molar-refractivity contribution in [1.82, 2.24) is 10.3 Å². The molecule has 0 aliphatic heterocycles. The molecule has 0 atom stereocenters. The normalized spacial score (nSPS) is 11.0. The van der Waals surface area contributed by atoms with Gasteiger partial charge in [0.1, 0.15) is 5.75 Å². The molecule has 35 heavy (non-hydrogen) atoms. The number of carbonyl (C=O) groups is 3. The third kappa shape index (κ3) is 6.83. The Morgan fingerprint density at radius 1 is 1.11 bits per heavy atom. The molecule has 0 radical (unpaired) electrons. The van der Waals surface area contributed by atoms with E-state index in [0.717, 1.165) is 0 Å². The van der Waals surface area contributed by atoms with Crippen molar-refractivity contribution < 1.29 is 33.4 Å². The smallest absolute Gasteiger partial charge is 0.393 e. The maximum absolute atomic E-state index is 12.5. The average molecular weight is 482 g/mol. The largest absolute Gasteiger partial charge is 0.493 e. The van der Waals surface area contributed by atoms with Crippen LogP contribution in [0.25, 0.3) is 11.3 Å². The molecule has 0 spiro atoms. The first-order valence-corrected chi connectivity index (χ1v) is 10.8. The van der Waals surface area contributed by atoms with Crippen molar-refractivity contribution >= 4 is 23.5 Å². The summed E-state index contributed by atoms with van der Waals surface area (Å²) in [5, 5.41) is 14.4. The van der Waals surface area contributed by atoms with Crippen LogP contribution in [0.4, 0.5) is 5.69 Å². The predicted molar refractivity (Wildman–Crippen MR) is 128 cm³/mol. The molecule has 3 rings (SSSR count). The highest BCUT2D eigenvalue weighted by Crippen LogP contribution is 2.26. The summed E-state index contributed by atoms with van der Waals surface area (Å²) in [6, 6.07) is 11.5. The Labute approximate surface area is 202 Å². The Bertz CT molecular complexity index is 1230. The van der Waals surface area contributed by atoms with Gasteiger partial charge in [-0.3, -0.25) is 9.59 Å². The number of carboxylic acid groups (broad SMARTS) is 1. The molecular formula is C25H27N3O7. The molecule has 10 heteroatoms. The van der Waals surface area contributed by atoms with Crippen LogP contribution in [0.15, 0.2) is 53.1 Å². The van der Waals surface area contributed by atoms with Crippen LogP contribution in [0.5, 0.6) is 11.8 Å². The number of hydrogen-bond acceptors (Lipinski definition) is 7. The number of carbonyl (C=O) groups excluding carboxylic acids is 2. The number of anilines is 1. The SMILES string of the molecule is COc1ncc(-c2cccc(NC(=O)C(=O)NC(C)(C)CCOc3ccc(C(=O)O)c(C)c3)c2)o1. The van der Waals surface area contributed by atoms with E-state index in [9.17, 15) is 14.4 Å². The summed E-state index contributed by atoms with van der Waals surface area (Å²) in [5.74, 6) is -1.62. The molecule has 3 N–H and O–H groups in total. The van der Waals surface area contributed by atoms with Crippen molar-refractivity contribution in [3.05, 3.63) is 59.8 Å². The van der Waals surface area contributed by atoms with Gasteiger partial charge in [-0.25, -0.2) is 4.79 Å². The molecule has 1 aromatic heterocycles. The molecule has 2 amide bonds. The first kappa shape index (κ1) is 25.3. The lowest BCUT2D eigenvalue weighted by Crippen LogP contribution is -2.48. The van der Waals surface area contributed by atoms with Crippen LogP contribution in [0.1, 0.15) is 36.2 Å². The Balaban J connectivity index is 1.53. The molecule has 184 valence electrons. The summed E-state index contributed by atoms with van der Waals surface area (Å²) in [4.78, 5) is 40.0. The van der Waals surface area contributed by atoms with E-state index in [1.807, 2.05) is 0 Å². The van der Waals surface area contributed by atoms with Crippen molar-refractivity contribution in [2.75, 3.05) is 19.0 Å². The number of ether oxygens (including phenoxy) is 2. The fourth-order valence-corrected chi connectivity index (χ4v) is 3.24. The van der Waals surface area contributed by atoms with Crippen LogP contribution in [0, 0.1) is 6.92 Å². The number of hydrogen-bond donors (Lipinski definition) is 3. The van der Waals surface area contributed by atoms with Crippen LogP contribution < -0.4 is 20.1 Å². The number of aromatic carboxylic acids is 1. The zero-order valence-electron chi connectivity index (χ0n) is 19.9. The van der Waals surface area contributed by atoms with Gasteiger partial charge in [0.25, 0.3) is 0 Å². The molecule has 0 saturated heterocycles. The van der Waals surface area contributed by atoms with Crippen LogP contribution in [-0.4, -0.2) is 47.1 Å². The second-order valence-corrected chi connectivity index (χ2v) is 8.45. The number of oxazole rings is 1. The number of carboxylic acids is 1.